The molecule has 5 nitrogen and oxygen atoms in total. The molecule has 0 atom stereocenters. The molecule has 0 fully saturated rings. The van der Waals surface area contributed by atoms with Crippen molar-refractivity contribution in [3.05, 3.63) is 0 Å². The van der Waals surface area contributed by atoms with Crippen molar-refractivity contribution in [1.29, 1.82) is 0 Å². The lowest BCUT2D eigenvalue weighted by Crippen LogP contribution is -2.09. The Bertz CT molecular complexity index is 92.0. The first kappa shape index (κ1) is 9.19. The Kier molecular flexibility index (Phi) is 5.80. The summed E-state index contributed by atoms with van der Waals surface area (Å²) in [5, 5.41) is 8.15. The minimum atomic E-state index is -0.893. The van der Waals surface area contributed by atoms with E-state index in [1.54, 1.807) is 6.92 Å². The Morgan fingerprint density at radius 1 is 1.60 bits per heavy atom. The maximum atomic E-state index is 10.3. The summed E-state index contributed by atoms with van der Waals surface area (Å²) in [6.07, 6.45) is -0.893. The lowest BCUT2D eigenvalue weighted by Gasteiger charge is -2.00. The molecule has 0 saturated carbocycles. The Morgan fingerprint density at radius 2 is 2.30 bits per heavy atom. The molecule has 0 aromatic carbocycles. The number of hydrogen-bond donors (Lipinski definition) is 1. The molecule has 0 aromatic rings. The Morgan fingerprint density at radius 3 is 2.80 bits per heavy atom. The van der Waals surface area contributed by atoms with Crippen LogP contribution >= 0.6 is 0 Å². The van der Waals surface area contributed by atoms with Crippen LogP contribution in [0.3, 0.4) is 0 Å². The molecule has 0 aliphatic carbocycles. The predicted octanol–water partition coefficient (Wildman–Crippen LogP) is 0.0834. The first-order valence-electron chi connectivity index (χ1n) is 2.88. The highest BCUT2D eigenvalue weighted by Crippen LogP contribution is 1.85. The quantitative estimate of drug-likeness (QED) is 0.266. The first-order valence-corrected chi connectivity index (χ1v) is 2.88. The van der Waals surface area contributed by atoms with Gasteiger partial charge in [0.25, 0.3) is 0 Å². The third-order valence-corrected chi connectivity index (χ3v) is 0.564. The van der Waals surface area contributed by atoms with E-state index in [1.165, 1.54) is 0 Å². The third-order valence-electron chi connectivity index (χ3n) is 0.564. The summed E-state index contributed by atoms with van der Waals surface area (Å²) in [4.78, 5) is 18.4. The minimum absolute atomic E-state index is 0.0428. The number of rotatable bonds is 4. The van der Waals surface area contributed by atoms with Crippen molar-refractivity contribution in [3.8, 4) is 0 Å². The van der Waals surface area contributed by atoms with Gasteiger partial charge in [-0.2, -0.15) is 4.89 Å². The number of aliphatic hydroxyl groups is 1. The minimum Gasteiger partial charge on any atom is -0.433 e. The largest absolute Gasteiger partial charge is 0.540 e. The second-order valence-corrected chi connectivity index (χ2v) is 1.31. The smallest absolute Gasteiger partial charge is 0.433 e. The molecule has 0 bridgehead atoms. The van der Waals surface area contributed by atoms with E-state index in [0.29, 0.717) is 0 Å². The van der Waals surface area contributed by atoms with Gasteiger partial charge in [-0.25, -0.2) is 4.79 Å². The lowest BCUT2D eigenvalue weighted by atomic mass is 10.8. The maximum Gasteiger partial charge on any atom is 0.540 e. The number of carbonyl (C=O) groups excluding carboxylic acids is 1. The molecule has 0 spiro atoms. The summed E-state index contributed by atoms with van der Waals surface area (Å²) in [5.41, 5.74) is 0. The van der Waals surface area contributed by atoms with Crippen LogP contribution in [0.15, 0.2) is 0 Å². The molecule has 0 saturated heterocycles. The van der Waals surface area contributed by atoms with Gasteiger partial charge in [0.2, 0.25) is 0 Å². The Balaban J connectivity index is 3.05. The van der Waals surface area contributed by atoms with E-state index in [2.05, 4.69) is 14.5 Å². The van der Waals surface area contributed by atoms with Gasteiger partial charge in [-0.15, -0.1) is 0 Å². The molecule has 0 aliphatic heterocycles. The third kappa shape index (κ3) is 5.33. The molecule has 60 valence electrons. The number of ether oxygens (including phenoxy) is 1. The SMILES string of the molecule is CCOC(=O)OOCCO. The molecule has 0 aromatic heterocycles. The number of hydrogen-bond acceptors (Lipinski definition) is 5. The standard InChI is InChI=1S/C5H10O5/c1-2-8-5(7)10-9-4-3-6/h6H,2-4H2,1H3. The summed E-state index contributed by atoms with van der Waals surface area (Å²) >= 11 is 0. The van der Waals surface area contributed by atoms with Crippen LogP contribution in [0.2, 0.25) is 0 Å². The van der Waals surface area contributed by atoms with Crippen LogP contribution in [-0.4, -0.2) is 31.1 Å². The van der Waals surface area contributed by atoms with E-state index in [4.69, 9.17) is 5.11 Å². The van der Waals surface area contributed by atoms with Crippen molar-refractivity contribution < 1.29 is 24.4 Å². The maximum absolute atomic E-state index is 10.3. The fraction of sp³-hybridized carbons (Fsp3) is 0.800. The molecule has 0 amide bonds. The van der Waals surface area contributed by atoms with Gasteiger partial charge in [-0.3, -0.25) is 4.89 Å². The first-order chi connectivity index (χ1) is 4.81. The second kappa shape index (κ2) is 6.31. The van der Waals surface area contributed by atoms with Gasteiger partial charge in [0, 0.05) is 0 Å². The van der Waals surface area contributed by atoms with Crippen molar-refractivity contribution in [1.82, 2.24) is 0 Å². The molecule has 0 aliphatic rings. The van der Waals surface area contributed by atoms with E-state index in [0.717, 1.165) is 0 Å². The van der Waals surface area contributed by atoms with E-state index in [1.807, 2.05) is 0 Å². The molecule has 10 heavy (non-hydrogen) atoms. The van der Waals surface area contributed by atoms with Crippen molar-refractivity contribution in [3.63, 3.8) is 0 Å². The summed E-state index contributed by atoms with van der Waals surface area (Å²) in [6.45, 7) is 1.65. The lowest BCUT2D eigenvalue weighted by molar-refractivity contribution is -0.258. The van der Waals surface area contributed by atoms with Gasteiger partial charge in [0.1, 0.15) is 6.61 Å². The molecule has 0 radical (unpaired) electrons. The zero-order chi connectivity index (χ0) is 7.82. The average molecular weight is 150 g/mol. The second-order valence-electron chi connectivity index (χ2n) is 1.31. The summed E-state index contributed by atoms with van der Waals surface area (Å²) < 4.78 is 4.32. The highest BCUT2D eigenvalue weighted by atomic mass is 17.2. The van der Waals surface area contributed by atoms with Crippen LogP contribution in [-0.2, 0) is 14.5 Å². The van der Waals surface area contributed by atoms with Gasteiger partial charge < -0.3 is 9.84 Å². The molecular formula is C5H10O5. The number of aliphatic hydroxyl groups excluding tert-OH is 1. The topological polar surface area (TPSA) is 65.0 Å². The fourth-order valence-electron chi connectivity index (χ4n) is 0.269. The highest BCUT2D eigenvalue weighted by molar-refractivity contribution is 5.58. The Hall–Kier alpha value is -0.810. The zero-order valence-corrected chi connectivity index (χ0v) is 5.70. The van der Waals surface area contributed by atoms with Gasteiger partial charge in [0.15, 0.2) is 0 Å². The van der Waals surface area contributed by atoms with Crippen molar-refractivity contribution in [2.24, 2.45) is 0 Å². The van der Waals surface area contributed by atoms with E-state index < -0.39 is 6.16 Å². The fourth-order valence-corrected chi connectivity index (χ4v) is 0.269. The van der Waals surface area contributed by atoms with Crippen LogP contribution in [0.25, 0.3) is 0 Å². The highest BCUT2D eigenvalue weighted by Gasteiger charge is 2.01. The van der Waals surface area contributed by atoms with Crippen LogP contribution < -0.4 is 0 Å². The summed E-state index contributed by atoms with van der Waals surface area (Å²) in [6, 6.07) is 0. The molecule has 0 unspecified atom stereocenters. The molecule has 5 heteroatoms. The van der Waals surface area contributed by atoms with E-state index in [-0.39, 0.29) is 19.8 Å². The predicted molar refractivity (Wildman–Crippen MR) is 31.1 cm³/mol. The number of carbonyl (C=O) groups is 1. The van der Waals surface area contributed by atoms with E-state index in [9.17, 15) is 4.79 Å². The van der Waals surface area contributed by atoms with Crippen LogP contribution in [0.4, 0.5) is 4.79 Å². The van der Waals surface area contributed by atoms with Gasteiger partial charge in [-0.1, -0.05) is 0 Å². The van der Waals surface area contributed by atoms with Crippen LogP contribution in [0.1, 0.15) is 6.92 Å². The monoisotopic (exact) mass is 150 g/mol. The molecular weight excluding hydrogens is 140 g/mol. The molecule has 1 N–H and O–H groups in total. The van der Waals surface area contributed by atoms with Crippen molar-refractivity contribution >= 4 is 6.16 Å². The van der Waals surface area contributed by atoms with Gasteiger partial charge >= 0.3 is 6.16 Å². The van der Waals surface area contributed by atoms with E-state index >= 15 is 0 Å². The Labute approximate surface area is 58.4 Å². The van der Waals surface area contributed by atoms with Crippen molar-refractivity contribution in [2.45, 2.75) is 6.92 Å². The average Bonchev–Trinajstić information content (AvgIpc) is 1.89. The van der Waals surface area contributed by atoms with Crippen LogP contribution in [0.5, 0.6) is 0 Å². The summed E-state index contributed by atoms with van der Waals surface area (Å²) in [7, 11) is 0. The molecule has 0 rings (SSSR count). The normalized spacial score (nSPS) is 9.00. The van der Waals surface area contributed by atoms with Gasteiger partial charge in [0.05, 0.1) is 13.2 Å². The van der Waals surface area contributed by atoms with Gasteiger partial charge in [-0.05, 0) is 6.92 Å². The molecule has 0 heterocycles. The summed E-state index contributed by atoms with van der Waals surface area (Å²) in [5.74, 6) is 0. The van der Waals surface area contributed by atoms with Crippen molar-refractivity contribution in [2.75, 3.05) is 19.8 Å². The zero-order valence-electron chi connectivity index (χ0n) is 5.70. The van der Waals surface area contributed by atoms with Crippen LogP contribution in [0, 0.1) is 0 Å².